The van der Waals surface area contributed by atoms with Crippen molar-refractivity contribution in [2.24, 2.45) is 0 Å². The maximum atomic E-state index is 5.43. The van der Waals surface area contributed by atoms with Crippen LogP contribution < -0.4 is 5.32 Å². The highest BCUT2D eigenvalue weighted by molar-refractivity contribution is 8.01. The molecular weight excluding hydrogens is 234 g/mol. The molecule has 1 aliphatic heterocycles. The molecule has 0 amide bonds. The average Bonchev–Trinajstić information content (AvgIpc) is 2.30. The zero-order chi connectivity index (χ0) is 11.0. The number of hydrogen-bond donors (Lipinski definition) is 0. The van der Waals surface area contributed by atoms with Gasteiger partial charge in [0.1, 0.15) is 9.86 Å². The summed E-state index contributed by atoms with van der Waals surface area (Å²) in [6, 6.07) is 8.40. The fraction of sp³-hybridized carbons (Fsp3) is 0.462. The Bertz CT molecular complexity index is 422. The fourth-order valence-electron chi connectivity index (χ4n) is 2.52. The van der Waals surface area contributed by atoms with Crippen LogP contribution in [0.5, 0.6) is 0 Å². The maximum Gasteiger partial charge on any atom is 0.130 e. The second-order valence-electron chi connectivity index (χ2n) is 4.52. The van der Waals surface area contributed by atoms with Crippen LogP contribution in [0.25, 0.3) is 0 Å². The van der Waals surface area contributed by atoms with Gasteiger partial charge in [0.15, 0.2) is 0 Å². The van der Waals surface area contributed by atoms with Gasteiger partial charge in [0.25, 0.3) is 0 Å². The van der Waals surface area contributed by atoms with Gasteiger partial charge in [-0.15, -0.1) is 0 Å². The highest BCUT2D eigenvalue weighted by Gasteiger charge is 2.39. The molecule has 0 aromatic heterocycles. The summed E-state index contributed by atoms with van der Waals surface area (Å²) in [6.07, 6.45) is 6.31. The lowest BCUT2D eigenvalue weighted by molar-refractivity contribution is 0.373. The summed E-state index contributed by atoms with van der Waals surface area (Å²) in [6.45, 7) is 0. The van der Waals surface area contributed by atoms with Gasteiger partial charge >= 0.3 is 0 Å². The van der Waals surface area contributed by atoms with Crippen LogP contribution in [0.15, 0.2) is 29.2 Å². The van der Waals surface area contributed by atoms with Gasteiger partial charge < -0.3 is 0 Å². The lowest BCUT2D eigenvalue weighted by Gasteiger charge is -2.39. The van der Waals surface area contributed by atoms with Gasteiger partial charge in [-0.25, -0.2) is 0 Å². The largest absolute Gasteiger partial charge is 0.255 e. The number of hydrogen-bond acceptors (Lipinski definition) is 2. The van der Waals surface area contributed by atoms with E-state index in [9.17, 15) is 0 Å². The average molecular weight is 248 g/mol. The zero-order valence-corrected chi connectivity index (χ0v) is 10.7. The molecule has 0 unspecified atom stereocenters. The minimum atomic E-state index is 0.0731. The van der Waals surface area contributed by atoms with Crippen LogP contribution in [-0.4, -0.2) is 9.86 Å². The van der Waals surface area contributed by atoms with Crippen molar-refractivity contribution in [2.45, 2.75) is 41.9 Å². The van der Waals surface area contributed by atoms with Crippen LogP contribution in [0, 0.1) is 0 Å². The van der Waals surface area contributed by atoms with E-state index in [0.29, 0.717) is 0 Å². The normalized spacial score (nSPS) is 22.6. The number of nitrogens with zero attached hydrogens (tertiary/aromatic N) is 1. The van der Waals surface area contributed by atoms with Gasteiger partial charge in [0, 0.05) is 10.5 Å². The Labute approximate surface area is 106 Å². The van der Waals surface area contributed by atoms with Crippen molar-refractivity contribution in [1.29, 1.82) is 0 Å². The number of thiocarbonyl (C=S) groups is 1. The summed E-state index contributed by atoms with van der Waals surface area (Å²) in [5, 5.41) is 4.81. The molecule has 1 spiro atoms. The molecule has 0 saturated heterocycles. The van der Waals surface area contributed by atoms with E-state index in [-0.39, 0.29) is 4.87 Å². The topological polar surface area (TPSA) is 14.1 Å². The molecular formula is C13H14NS2. The van der Waals surface area contributed by atoms with Crippen molar-refractivity contribution >= 4 is 29.0 Å². The predicted molar refractivity (Wildman–Crippen MR) is 71.9 cm³/mol. The van der Waals surface area contributed by atoms with Gasteiger partial charge in [-0.1, -0.05) is 61.4 Å². The number of fused-ring (bicyclic) bond motifs is 1. The molecule has 16 heavy (non-hydrogen) atoms. The Morgan fingerprint density at radius 2 is 1.88 bits per heavy atom. The van der Waals surface area contributed by atoms with Crippen LogP contribution in [0.3, 0.4) is 0 Å². The van der Waals surface area contributed by atoms with Crippen LogP contribution in [0.2, 0.25) is 0 Å². The predicted octanol–water partition coefficient (Wildman–Crippen LogP) is 3.73. The highest BCUT2D eigenvalue weighted by atomic mass is 32.2. The molecule has 2 aliphatic rings. The number of rotatable bonds is 0. The molecule has 1 nitrogen and oxygen atoms in total. The Morgan fingerprint density at radius 1 is 1.12 bits per heavy atom. The van der Waals surface area contributed by atoms with Crippen LogP contribution >= 0.6 is 24.0 Å². The molecule has 3 rings (SSSR count). The summed E-state index contributed by atoms with van der Waals surface area (Å²) < 4.78 is 0. The van der Waals surface area contributed by atoms with Crippen LogP contribution in [-0.2, 0) is 0 Å². The van der Waals surface area contributed by atoms with Crippen molar-refractivity contribution in [3.05, 3.63) is 29.8 Å². The van der Waals surface area contributed by atoms with Crippen molar-refractivity contribution < 1.29 is 0 Å². The molecule has 83 valence electrons. The van der Waals surface area contributed by atoms with Crippen molar-refractivity contribution in [3.63, 3.8) is 0 Å². The first-order chi connectivity index (χ1) is 7.79. The summed E-state index contributed by atoms with van der Waals surface area (Å²) in [5.74, 6) is 0. The molecule has 1 saturated carbocycles. The minimum absolute atomic E-state index is 0.0731. The molecule has 1 heterocycles. The van der Waals surface area contributed by atoms with E-state index in [1.54, 1.807) is 0 Å². The van der Waals surface area contributed by atoms with Crippen LogP contribution in [0.4, 0.5) is 0 Å². The molecule has 1 fully saturated rings. The maximum absolute atomic E-state index is 5.43. The lowest BCUT2D eigenvalue weighted by Crippen LogP contribution is -2.43. The van der Waals surface area contributed by atoms with E-state index >= 15 is 0 Å². The monoisotopic (exact) mass is 248 g/mol. The minimum Gasteiger partial charge on any atom is -0.255 e. The lowest BCUT2D eigenvalue weighted by atomic mass is 9.94. The summed E-state index contributed by atoms with van der Waals surface area (Å²) in [4.78, 5) is 2.21. The Kier molecular flexibility index (Phi) is 2.68. The standard InChI is InChI=1S/C13H14NS2/c15-12-10-6-2-3-7-11(10)16-13(14-12)8-4-1-5-9-13/h2-3,6-7H,1,4-5,8-9H2. The zero-order valence-electron chi connectivity index (χ0n) is 9.11. The van der Waals surface area contributed by atoms with Gasteiger partial charge in [-0.05, 0) is 18.9 Å². The Hall–Kier alpha value is -0.540. The van der Waals surface area contributed by atoms with Crippen molar-refractivity contribution in [3.8, 4) is 0 Å². The first-order valence-corrected chi connectivity index (χ1v) is 7.07. The molecule has 0 bridgehead atoms. The SMILES string of the molecule is S=C1[N]C2(CCCCC2)Sc2ccccc21. The van der Waals surface area contributed by atoms with Gasteiger partial charge in [0.2, 0.25) is 0 Å². The summed E-state index contributed by atoms with van der Waals surface area (Å²) >= 11 is 7.36. The molecule has 1 aliphatic carbocycles. The molecule has 0 atom stereocenters. The van der Waals surface area contributed by atoms with Crippen molar-refractivity contribution in [1.82, 2.24) is 5.32 Å². The first kappa shape index (κ1) is 10.6. The second-order valence-corrected chi connectivity index (χ2v) is 6.31. The van der Waals surface area contributed by atoms with Gasteiger partial charge in [0.05, 0.1) is 0 Å². The second kappa shape index (κ2) is 4.04. The fourth-order valence-corrected chi connectivity index (χ4v) is 4.46. The smallest absolute Gasteiger partial charge is 0.130 e. The molecule has 1 aromatic rings. The summed E-state index contributed by atoms with van der Waals surface area (Å²) in [5.41, 5.74) is 1.15. The van der Waals surface area contributed by atoms with E-state index < -0.39 is 0 Å². The Morgan fingerprint density at radius 3 is 2.69 bits per heavy atom. The van der Waals surface area contributed by atoms with E-state index in [0.717, 1.165) is 10.6 Å². The molecule has 0 N–H and O–H groups in total. The van der Waals surface area contributed by atoms with Crippen LogP contribution in [0.1, 0.15) is 37.7 Å². The van der Waals surface area contributed by atoms with Gasteiger partial charge in [-0.2, -0.15) is 0 Å². The van der Waals surface area contributed by atoms with Gasteiger partial charge in [-0.3, -0.25) is 5.32 Å². The first-order valence-electron chi connectivity index (χ1n) is 5.84. The molecule has 1 radical (unpaired) electrons. The highest BCUT2D eigenvalue weighted by Crippen LogP contribution is 2.46. The molecule has 1 aromatic carbocycles. The molecule has 3 heteroatoms. The third kappa shape index (κ3) is 1.76. The number of thioether (sulfide) groups is 1. The quantitative estimate of drug-likeness (QED) is 0.649. The number of benzene rings is 1. The third-order valence-corrected chi connectivity index (χ3v) is 5.12. The van der Waals surface area contributed by atoms with E-state index in [1.165, 1.54) is 37.0 Å². The van der Waals surface area contributed by atoms with E-state index in [4.69, 9.17) is 17.5 Å². The van der Waals surface area contributed by atoms with Crippen molar-refractivity contribution in [2.75, 3.05) is 0 Å². The van der Waals surface area contributed by atoms with E-state index in [2.05, 4.69) is 18.2 Å². The third-order valence-electron chi connectivity index (χ3n) is 3.36. The summed E-state index contributed by atoms with van der Waals surface area (Å²) in [7, 11) is 0. The van der Waals surface area contributed by atoms with E-state index in [1.807, 2.05) is 17.8 Å². The Balaban J connectivity index is 1.96.